The highest BCUT2D eigenvalue weighted by Crippen LogP contribution is 2.34. The molecule has 0 bridgehead atoms. The van der Waals surface area contributed by atoms with E-state index >= 15 is 0 Å². The number of fused-ring (bicyclic) bond motifs is 1. The van der Waals surface area contributed by atoms with E-state index in [0.717, 1.165) is 41.2 Å². The van der Waals surface area contributed by atoms with Crippen molar-refractivity contribution in [3.05, 3.63) is 22.7 Å². The lowest BCUT2D eigenvalue weighted by Gasteiger charge is -2.29. The normalized spacial score (nSPS) is 24.6. The monoisotopic (exact) mass is 309 g/mol. The number of rotatable bonds is 1. The summed E-state index contributed by atoms with van der Waals surface area (Å²) in [6.07, 6.45) is 3.72. The number of halogens is 1. The molecule has 1 aliphatic carbocycles. The third-order valence-electron chi connectivity index (χ3n) is 3.70. The fourth-order valence-electron chi connectivity index (χ4n) is 2.83. The summed E-state index contributed by atoms with van der Waals surface area (Å²) in [4.78, 5) is 4.38. The van der Waals surface area contributed by atoms with Crippen LogP contribution in [0.3, 0.4) is 0 Å². The van der Waals surface area contributed by atoms with Gasteiger partial charge in [-0.25, -0.2) is 4.98 Å². The zero-order chi connectivity index (χ0) is 12.7. The quantitative estimate of drug-likeness (QED) is 0.851. The van der Waals surface area contributed by atoms with Gasteiger partial charge in [0.25, 0.3) is 0 Å². The van der Waals surface area contributed by atoms with E-state index in [1.165, 1.54) is 0 Å². The maximum Gasteiger partial charge on any atom is 0.201 e. The number of nitrogen functional groups attached to an aromatic ring is 1. The third-order valence-corrected chi connectivity index (χ3v) is 4.20. The van der Waals surface area contributed by atoms with Crippen LogP contribution in [0.15, 0.2) is 22.7 Å². The van der Waals surface area contributed by atoms with Crippen molar-refractivity contribution in [3.8, 4) is 0 Å². The molecule has 3 rings (SSSR count). The van der Waals surface area contributed by atoms with Crippen LogP contribution in [0.1, 0.15) is 31.7 Å². The molecule has 1 aromatic carbocycles. The molecule has 2 aromatic rings. The lowest BCUT2D eigenvalue weighted by molar-refractivity contribution is 0.0783. The second kappa shape index (κ2) is 4.55. The summed E-state index contributed by atoms with van der Waals surface area (Å²) in [5.41, 5.74) is 7.90. The second-order valence-corrected chi connectivity index (χ2v) is 5.81. The van der Waals surface area contributed by atoms with Crippen LogP contribution in [-0.4, -0.2) is 20.8 Å². The number of hydrogen-bond acceptors (Lipinski definition) is 3. The standard InChI is InChI=1S/C13H16BrN3O/c14-8-5-6-10-9(7-8)16-13(15)17(10)11-3-1-2-4-12(11)18/h5-7,11-12,18H,1-4H2,(H2,15,16). The molecule has 1 saturated carbocycles. The highest BCUT2D eigenvalue weighted by atomic mass is 79.9. The zero-order valence-electron chi connectivity index (χ0n) is 10.0. The van der Waals surface area contributed by atoms with Gasteiger partial charge in [-0.1, -0.05) is 28.8 Å². The van der Waals surface area contributed by atoms with Crippen molar-refractivity contribution in [2.75, 3.05) is 5.73 Å². The molecular formula is C13H16BrN3O. The van der Waals surface area contributed by atoms with E-state index < -0.39 is 0 Å². The van der Waals surface area contributed by atoms with Crippen LogP contribution in [0.25, 0.3) is 11.0 Å². The number of nitrogens with two attached hydrogens (primary N) is 1. The molecule has 1 heterocycles. The number of hydrogen-bond donors (Lipinski definition) is 2. The van der Waals surface area contributed by atoms with Gasteiger partial charge in [-0.15, -0.1) is 0 Å². The Bertz CT molecular complexity index is 581. The first-order valence-electron chi connectivity index (χ1n) is 6.28. The molecule has 1 fully saturated rings. The number of anilines is 1. The van der Waals surface area contributed by atoms with E-state index in [1.807, 2.05) is 22.8 Å². The lowest BCUT2D eigenvalue weighted by Crippen LogP contribution is -2.28. The molecule has 0 spiro atoms. The number of aromatic nitrogens is 2. The van der Waals surface area contributed by atoms with Crippen LogP contribution < -0.4 is 5.73 Å². The van der Waals surface area contributed by atoms with Crippen LogP contribution >= 0.6 is 15.9 Å². The lowest BCUT2D eigenvalue weighted by atomic mass is 9.92. The van der Waals surface area contributed by atoms with E-state index in [0.29, 0.717) is 5.95 Å². The van der Waals surface area contributed by atoms with Gasteiger partial charge in [-0.05, 0) is 31.0 Å². The second-order valence-electron chi connectivity index (χ2n) is 4.89. The molecule has 5 heteroatoms. The van der Waals surface area contributed by atoms with E-state index in [2.05, 4.69) is 20.9 Å². The van der Waals surface area contributed by atoms with Crippen LogP contribution in [0.2, 0.25) is 0 Å². The first-order valence-corrected chi connectivity index (χ1v) is 7.07. The summed E-state index contributed by atoms with van der Waals surface area (Å²) < 4.78 is 2.98. The molecule has 3 N–H and O–H groups in total. The molecule has 0 radical (unpaired) electrons. The van der Waals surface area contributed by atoms with E-state index in [4.69, 9.17) is 5.73 Å². The summed E-state index contributed by atoms with van der Waals surface area (Å²) in [5, 5.41) is 10.2. The summed E-state index contributed by atoms with van der Waals surface area (Å²) in [6.45, 7) is 0. The van der Waals surface area contributed by atoms with Crippen LogP contribution in [0.5, 0.6) is 0 Å². The SMILES string of the molecule is Nc1nc2cc(Br)ccc2n1C1CCCCC1O. The first kappa shape index (κ1) is 12.0. The van der Waals surface area contributed by atoms with Gasteiger partial charge in [0.05, 0.1) is 23.2 Å². The molecule has 0 amide bonds. The first-order chi connectivity index (χ1) is 8.66. The molecule has 18 heavy (non-hydrogen) atoms. The van der Waals surface area contributed by atoms with Gasteiger partial charge in [-0.3, -0.25) is 0 Å². The Balaban J connectivity index is 2.12. The van der Waals surface area contributed by atoms with Crippen molar-refractivity contribution in [2.24, 2.45) is 0 Å². The van der Waals surface area contributed by atoms with Crippen molar-refractivity contribution in [2.45, 2.75) is 37.8 Å². The minimum Gasteiger partial charge on any atom is -0.391 e. The maximum atomic E-state index is 10.2. The number of aliphatic hydroxyl groups is 1. The van der Waals surface area contributed by atoms with Gasteiger partial charge in [0.2, 0.25) is 5.95 Å². The van der Waals surface area contributed by atoms with Crippen molar-refractivity contribution in [3.63, 3.8) is 0 Å². The molecule has 2 unspecified atom stereocenters. The van der Waals surface area contributed by atoms with E-state index in [-0.39, 0.29) is 12.1 Å². The topological polar surface area (TPSA) is 64.1 Å². The van der Waals surface area contributed by atoms with Crippen molar-refractivity contribution < 1.29 is 5.11 Å². The number of imidazole rings is 1. The van der Waals surface area contributed by atoms with Crippen LogP contribution in [-0.2, 0) is 0 Å². The molecule has 4 nitrogen and oxygen atoms in total. The average Bonchev–Trinajstić information content (AvgIpc) is 2.65. The van der Waals surface area contributed by atoms with E-state index in [9.17, 15) is 5.11 Å². The Morgan fingerprint density at radius 3 is 2.89 bits per heavy atom. The number of nitrogens with zero attached hydrogens (tertiary/aromatic N) is 2. The molecule has 0 aliphatic heterocycles. The fraction of sp³-hybridized carbons (Fsp3) is 0.462. The molecular weight excluding hydrogens is 294 g/mol. The molecule has 0 saturated heterocycles. The highest BCUT2D eigenvalue weighted by molar-refractivity contribution is 9.10. The minimum atomic E-state index is -0.318. The smallest absolute Gasteiger partial charge is 0.201 e. The molecule has 1 aromatic heterocycles. The fourth-order valence-corrected chi connectivity index (χ4v) is 3.18. The van der Waals surface area contributed by atoms with Gasteiger partial charge in [0, 0.05) is 4.47 Å². The largest absolute Gasteiger partial charge is 0.391 e. The Kier molecular flexibility index (Phi) is 3.03. The Labute approximate surface area is 114 Å². The Hall–Kier alpha value is -1.07. The van der Waals surface area contributed by atoms with Crippen LogP contribution in [0, 0.1) is 0 Å². The van der Waals surface area contributed by atoms with Gasteiger partial charge < -0.3 is 15.4 Å². The summed E-state index contributed by atoms with van der Waals surface area (Å²) in [6, 6.07) is 6.00. The third kappa shape index (κ3) is 1.91. The molecule has 96 valence electrons. The number of benzene rings is 1. The number of aliphatic hydroxyl groups excluding tert-OH is 1. The highest BCUT2D eigenvalue weighted by Gasteiger charge is 2.27. The Morgan fingerprint density at radius 2 is 2.11 bits per heavy atom. The summed E-state index contributed by atoms with van der Waals surface area (Å²) in [7, 11) is 0. The minimum absolute atomic E-state index is 0.0601. The van der Waals surface area contributed by atoms with Gasteiger partial charge in [0.15, 0.2) is 0 Å². The van der Waals surface area contributed by atoms with Gasteiger partial charge in [-0.2, -0.15) is 0 Å². The van der Waals surface area contributed by atoms with Gasteiger partial charge >= 0.3 is 0 Å². The van der Waals surface area contributed by atoms with Gasteiger partial charge in [0.1, 0.15) is 0 Å². The van der Waals surface area contributed by atoms with Crippen molar-refractivity contribution >= 4 is 32.9 Å². The predicted octanol–water partition coefficient (Wildman–Crippen LogP) is 2.86. The molecule has 2 atom stereocenters. The van der Waals surface area contributed by atoms with Crippen molar-refractivity contribution in [1.29, 1.82) is 0 Å². The van der Waals surface area contributed by atoms with Crippen molar-refractivity contribution in [1.82, 2.24) is 9.55 Å². The van der Waals surface area contributed by atoms with Crippen LogP contribution in [0.4, 0.5) is 5.95 Å². The van der Waals surface area contributed by atoms with E-state index in [1.54, 1.807) is 0 Å². The summed E-state index contributed by atoms with van der Waals surface area (Å²) in [5.74, 6) is 0.494. The summed E-state index contributed by atoms with van der Waals surface area (Å²) >= 11 is 3.43. The predicted molar refractivity (Wildman–Crippen MR) is 75.4 cm³/mol. The zero-order valence-corrected chi connectivity index (χ0v) is 11.6. The average molecular weight is 310 g/mol. The molecule has 1 aliphatic rings. The Morgan fingerprint density at radius 1 is 1.33 bits per heavy atom. The maximum absolute atomic E-state index is 10.2.